The van der Waals surface area contributed by atoms with Crippen molar-refractivity contribution in [3.8, 4) is 11.1 Å². The molecule has 0 spiro atoms. The maximum absolute atomic E-state index is 13.8. The van der Waals surface area contributed by atoms with Gasteiger partial charge in [-0.05, 0) is 61.2 Å². The molecule has 0 bridgehead atoms. The number of halogens is 1. The Morgan fingerprint density at radius 2 is 1.38 bits per heavy atom. The summed E-state index contributed by atoms with van der Waals surface area (Å²) in [4.78, 5) is -0.0965. The van der Waals surface area contributed by atoms with Crippen molar-refractivity contribution in [1.29, 1.82) is 0 Å². The minimum atomic E-state index is -3.87. The van der Waals surface area contributed by atoms with E-state index < -0.39 is 15.8 Å². The summed E-state index contributed by atoms with van der Waals surface area (Å²) in [6, 6.07) is 17.5. The van der Waals surface area contributed by atoms with E-state index in [0.717, 1.165) is 28.3 Å². The molecule has 3 aromatic rings. The predicted octanol–water partition coefficient (Wildman–Crippen LogP) is 5.22. The lowest BCUT2D eigenvalue weighted by Gasteiger charge is -2.13. The zero-order chi connectivity index (χ0) is 18.9. The van der Waals surface area contributed by atoms with Crippen LogP contribution in [0.3, 0.4) is 0 Å². The average Bonchev–Trinajstić information content (AvgIpc) is 2.60. The summed E-state index contributed by atoms with van der Waals surface area (Å²) < 4.78 is 41.6. The smallest absolute Gasteiger partial charge is 0.262 e. The number of nitrogens with one attached hydrogen (secondary N) is 1. The second-order valence-electron chi connectivity index (χ2n) is 6.41. The summed E-state index contributed by atoms with van der Waals surface area (Å²) in [7, 11) is -3.87. The first kappa shape index (κ1) is 18.1. The molecule has 0 aromatic heterocycles. The van der Waals surface area contributed by atoms with Crippen LogP contribution >= 0.6 is 0 Å². The number of hydrogen-bond acceptors (Lipinski definition) is 2. The molecule has 0 radical (unpaired) electrons. The number of benzene rings is 3. The van der Waals surface area contributed by atoms with E-state index in [1.165, 1.54) is 12.1 Å². The van der Waals surface area contributed by atoms with E-state index in [1.54, 1.807) is 13.0 Å². The number of aryl methyl sites for hydroxylation is 3. The molecule has 134 valence electrons. The Morgan fingerprint density at radius 3 is 2.04 bits per heavy atom. The number of sulfonamides is 1. The van der Waals surface area contributed by atoms with Crippen LogP contribution in [0.4, 0.5) is 10.1 Å². The Labute approximate surface area is 153 Å². The lowest BCUT2D eigenvalue weighted by molar-refractivity contribution is 0.593. The fourth-order valence-corrected chi connectivity index (χ4v) is 3.74. The summed E-state index contributed by atoms with van der Waals surface area (Å²) in [5.41, 5.74) is 4.73. The monoisotopic (exact) mass is 369 g/mol. The molecule has 1 N–H and O–H groups in total. The molecule has 26 heavy (non-hydrogen) atoms. The Morgan fingerprint density at radius 1 is 0.769 bits per heavy atom. The van der Waals surface area contributed by atoms with Crippen LogP contribution in [0.1, 0.15) is 16.7 Å². The van der Waals surface area contributed by atoms with Crippen molar-refractivity contribution in [2.75, 3.05) is 4.72 Å². The molecule has 5 heteroatoms. The highest BCUT2D eigenvalue weighted by Gasteiger charge is 2.17. The molecule has 0 amide bonds. The van der Waals surface area contributed by atoms with E-state index in [9.17, 15) is 12.8 Å². The van der Waals surface area contributed by atoms with Crippen LogP contribution in [0.2, 0.25) is 0 Å². The van der Waals surface area contributed by atoms with Gasteiger partial charge in [0.25, 0.3) is 10.0 Å². The normalized spacial score (nSPS) is 11.4. The Hall–Kier alpha value is -2.66. The van der Waals surface area contributed by atoms with Gasteiger partial charge in [0.2, 0.25) is 0 Å². The molecule has 0 atom stereocenters. The van der Waals surface area contributed by atoms with Crippen molar-refractivity contribution in [3.63, 3.8) is 0 Å². The first-order chi connectivity index (χ1) is 12.3. The molecule has 0 unspecified atom stereocenters. The van der Waals surface area contributed by atoms with Crippen LogP contribution < -0.4 is 4.72 Å². The van der Waals surface area contributed by atoms with Gasteiger partial charge >= 0.3 is 0 Å². The van der Waals surface area contributed by atoms with E-state index in [2.05, 4.69) is 4.72 Å². The van der Waals surface area contributed by atoms with Crippen LogP contribution in [0, 0.1) is 26.6 Å². The number of hydrogen-bond donors (Lipinski definition) is 1. The molecule has 0 aliphatic rings. The van der Waals surface area contributed by atoms with E-state index in [4.69, 9.17) is 0 Å². The second kappa shape index (κ2) is 6.92. The van der Waals surface area contributed by atoms with Crippen LogP contribution in [0.5, 0.6) is 0 Å². The predicted molar refractivity (Wildman–Crippen MR) is 103 cm³/mol. The summed E-state index contributed by atoms with van der Waals surface area (Å²) >= 11 is 0. The Balaban J connectivity index is 1.97. The van der Waals surface area contributed by atoms with Gasteiger partial charge in [0.05, 0.1) is 10.6 Å². The highest BCUT2D eigenvalue weighted by molar-refractivity contribution is 7.92. The summed E-state index contributed by atoms with van der Waals surface area (Å²) in [5.74, 6) is -0.544. The maximum Gasteiger partial charge on any atom is 0.262 e. The van der Waals surface area contributed by atoms with Gasteiger partial charge in [0.15, 0.2) is 0 Å². The van der Waals surface area contributed by atoms with Crippen molar-refractivity contribution in [1.82, 2.24) is 0 Å². The minimum Gasteiger partial charge on any atom is -0.279 e. The Kier molecular flexibility index (Phi) is 4.83. The van der Waals surface area contributed by atoms with Crippen LogP contribution in [0.25, 0.3) is 11.1 Å². The van der Waals surface area contributed by atoms with Gasteiger partial charge in [0.1, 0.15) is 5.82 Å². The summed E-state index contributed by atoms with van der Waals surface area (Å²) in [5, 5.41) is 0. The zero-order valence-electron chi connectivity index (χ0n) is 14.9. The van der Waals surface area contributed by atoms with Crippen molar-refractivity contribution in [2.24, 2.45) is 0 Å². The van der Waals surface area contributed by atoms with Gasteiger partial charge < -0.3 is 0 Å². The van der Waals surface area contributed by atoms with Crippen molar-refractivity contribution in [2.45, 2.75) is 25.7 Å². The maximum atomic E-state index is 13.8. The lowest BCUT2D eigenvalue weighted by atomic mass is 10.0. The van der Waals surface area contributed by atoms with Crippen molar-refractivity contribution in [3.05, 3.63) is 83.2 Å². The second-order valence-corrected chi connectivity index (χ2v) is 8.09. The van der Waals surface area contributed by atoms with Gasteiger partial charge in [-0.2, -0.15) is 0 Å². The third-order valence-corrected chi connectivity index (χ3v) is 5.68. The zero-order valence-corrected chi connectivity index (χ0v) is 15.7. The molecule has 3 aromatic carbocycles. The summed E-state index contributed by atoms with van der Waals surface area (Å²) in [6.07, 6.45) is 0. The molecule has 3 nitrogen and oxygen atoms in total. The number of anilines is 1. The molecule has 0 aliphatic carbocycles. The fourth-order valence-electron chi connectivity index (χ4n) is 2.60. The molecular weight excluding hydrogens is 349 g/mol. The van der Waals surface area contributed by atoms with Gasteiger partial charge in [-0.3, -0.25) is 4.72 Å². The minimum absolute atomic E-state index is 0.0965. The van der Waals surface area contributed by atoms with Crippen molar-refractivity contribution < 1.29 is 12.8 Å². The Bertz CT molecular complexity index is 1060. The van der Waals surface area contributed by atoms with E-state index in [0.29, 0.717) is 11.3 Å². The van der Waals surface area contributed by atoms with Gasteiger partial charge in [-0.15, -0.1) is 0 Å². The quantitative estimate of drug-likeness (QED) is 0.685. The average molecular weight is 369 g/mol. The standard InChI is InChI=1S/C21H20FNO2S/c1-14-4-8-17(9-5-14)18-10-6-16(3)21(12-18)23-26(24,25)19-11-7-15(2)20(22)13-19/h4-13,23H,1-3H3. The van der Waals surface area contributed by atoms with Crippen LogP contribution in [0.15, 0.2) is 65.6 Å². The van der Waals surface area contributed by atoms with Gasteiger partial charge in [-0.1, -0.05) is 48.0 Å². The van der Waals surface area contributed by atoms with Crippen LogP contribution in [-0.2, 0) is 10.0 Å². The highest BCUT2D eigenvalue weighted by atomic mass is 32.2. The van der Waals surface area contributed by atoms with Gasteiger partial charge in [-0.25, -0.2) is 12.8 Å². The van der Waals surface area contributed by atoms with E-state index in [-0.39, 0.29) is 4.90 Å². The largest absolute Gasteiger partial charge is 0.279 e. The number of rotatable bonds is 4. The van der Waals surface area contributed by atoms with Crippen molar-refractivity contribution >= 4 is 15.7 Å². The lowest BCUT2D eigenvalue weighted by Crippen LogP contribution is -2.14. The highest BCUT2D eigenvalue weighted by Crippen LogP contribution is 2.27. The summed E-state index contributed by atoms with van der Waals surface area (Å²) in [6.45, 7) is 5.43. The molecule has 0 saturated carbocycles. The molecular formula is C21H20FNO2S. The van der Waals surface area contributed by atoms with E-state index in [1.807, 2.05) is 50.2 Å². The van der Waals surface area contributed by atoms with E-state index >= 15 is 0 Å². The van der Waals surface area contributed by atoms with Gasteiger partial charge in [0, 0.05) is 0 Å². The molecule has 0 saturated heterocycles. The van der Waals surface area contributed by atoms with Crippen LogP contribution in [-0.4, -0.2) is 8.42 Å². The molecule has 3 rings (SSSR count). The third-order valence-electron chi connectivity index (χ3n) is 4.32. The first-order valence-corrected chi connectivity index (χ1v) is 9.71. The molecule has 0 aliphatic heterocycles. The molecule has 0 heterocycles. The third kappa shape index (κ3) is 3.78. The first-order valence-electron chi connectivity index (χ1n) is 8.23. The molecule has 0 fully saturated rings. The fraction of sp³-hybridized carbons (Fsp3) is 0.143. The topological polar surface area (TPSA) is 46.2 Å². The SMILES string of the molecule is Cc1ccc(-c2ccc(C)c(NS(=O)(=O)c3ccc(C)c(F)c3)c2)cc1.